The first kappa shape index (κ1) is 14.5. The van der Waals surface area contributed by atoms with Gasteiger partial charge in [-0.05, 0) is 25.6 Å². The van der Waals surface area contributed by atoms with Crippen LogP contribution in [0.3, 0.4) is 0 Å². The maximum Gasteiger partial charge on any atom is 0.178 e. The van der Waals surface area contributed by atoms with E-state index in [0.717, 1.165) is 16.2 Å². The van der Waals surface area contributed by atoms with Crippen molar-refractivity contribution in [1.82, 2.24) is 14.5 Å². The highest BCUT2D eigenvalue weighted by atomic mass is 32.1. The molecule has 0 saturated heterocycles. The number of nitrogens with zero attached hydrogens (tertiary/aromatic N) is 2. The maximum atomic E-state index is 5.44. The molecule has 0 amide bonds. The summed E-state index contributed by atoms with van der Waals surface area (Å²) in [5.41, 5.74) is 1.28. The summed E-state index contributed by atoms with van der Waals surface area (Å²) in [5.74, 6) is 0. The molecule has 0 aliphatic heterocycles. The molecular formula is C14H21N3S2. The summed E-state index contributed by atoms with van der Waals surface area (Å²) in [6, 6.07) is 0.179. The molecule has 0 fully saturated rings. The highest BCUT2D eigenvalue weighted by Gasteiger charge is 2.23. The van der Waals surface area contributed by atoms with Gasteiger partial charge >= 0.3 is 0 Å². The molecule has 2 heterocycles. The van der Waals surface area contributed by atoms with Crippen LogP contribution in [0.1, 0.15) is 56.2 Å². The minimum Gasteiger partial charge on any atom is -0.337 e. The highest BCUT2D eigenvalue weighted by Crippen LogP contribution is 2.30. The van der Waals surface area contributed by atoms with E-state index in [0.29, 0.717) is 0 Å². The summed E-state index contributed by atoms with van der Waals surface area (Å²) in [7, 11) is 0. The van der Waals surface area contributed by atoms with E-state index in [1.807, 2.05) is 12.4 Å². The molecular weight excluding hydrogens is 274 g/mol. The number of aromatic amines is 1. The van der Waals surface area contributed by atoms with Crippen molar-refractivity contribution in [2.45, 2.75) is 52.5 Å². The quantitative estimate of drug-likeness (QED) is 0.848. The lowest BCUT2D eigenvalue weighted by Crippen LogP contribution is -2.20. The van der Waals surface area contributed by atoms with Crippen LogP contribution in [-0.2, 0) is 11.8 Å². The number of aromatic nitrogens is 3. The van der Waals surface area contributed by atoms with Crippen LogP contribution in [0, 0.1) is 4.77 Å². The number of thiazole rings is 1. The number of hydrogen-bond donors (Lipinski definition) is 1. The number of nitrogens with one attached hydrogen (secondary N) is 1. The van der Waals surface area contributed by atoms with Gasteiger partial charge in [0, 0.05) is 28.4 Å². The van der Waals surface area contributed by atoms with E-state index in [2.05, 4.69) is 49.2 Å². The van der Waals surface area contributed by atoms with Crippen molar-refractivity contribution in [3.05, 3.63) is 32.7 Å². The monoisotopic (exact) mass is 295 g/mol. The van der Waals surface area contributed by atoms with Crippen molar-refractivity contribution in [3.63, 3.8) is 0 Å². The Hall–Kier alpha value is -0.940. The Bertz CT molecular complexity index is 613. The fourth-order valence-electron chi connectivity index (χ4n) is 2.13. The third kappa shape index (κ3) is 2.82. The van der Waals surface area contributed by atoms with E-state index in [1.54, 1.807) is 11.3 Å². The molecule has 0 saturated carbocycles. The first-order valence-corrected chi connectivity index (χ1v) is 7.82. The molecule has 1 unspecified atom stereocenters. The van der Waals surface area contributed by atoms with Crippen molar-refractivity contribution < 1.29 is 0 Å². The van der Waals surface area contributed by atoms with Crippen molar-refractivity contribution in [2.24, 2.45) is 0 Å². The Morgan fingerprint density at radius 1 is 1.47 bits per heavy atom. The Morgan fingerprint density at radius 2 is 2.16 bits per heavy atom. The van der Waals surface area contributed by atoms with Gasteiger partial charge in [0.15, 0.2) is 4.77 Å². The van der Waals surface area contributed by atoms with Crippen LogP contribution < -0.4 is 0 Å². The van der Waals surface area contributed by atoms with E-state index < -0.39 is 0 Å². The zero-order valence-electron chi connectivity index (χ0n) is 12.2. The third-order valence-corrected chi connectivity index (χ3v) is 4.87. The molecule has 2 aromatic rings. The minimum atomic E-state index is 0.0622. The van der Waals surface area contributed by atoms with Crippen molar-refractivity contribution in [1.29, 1.82) is 0 Å². The molecule has 104 valence electrons. The second kappa shape index (κ2) is 5.21. The minimum absolute atomic E-state index is 0.0622. The van der Waals surface area contributed by atoms with Gasteiger partial charge in [0.05, 0.1) is 6.04 Å². The zero-order valence-corrected chi connectivity index (χ0v) is 13.8. The second-order valence-corrected chi connectivity index (χ2v) is 7.33. The van der Waals surface area contributed by atoms with Gasteiger partial charge in [0.25, 0.3) is 0 Å². The molecule has 0 radical (unpaired) electrons. The van der Waals surface area contributed by atoms with Crippen molar-refractivity contribution in [2.75, 3.05) is 0 Å². The summed E-state index contributed by atoms with van der Waals surface area (Å²) in [6.45, 7) is 10.9. The molecule has 0 bridgehead atoms. The Balaban J connectivity index is 2.46. The fourth-order valence-corrected chi connectivity index (χ4v) is 3.35. The molecule has 1 N–H and O–H groups in total. The molecule has 3 nitrogen and oxygen atoms in total. The zero-order chi connectivity index (χ0) is 14.2. The standard InChI is InChI=1S/C14H21N3S2/c1-6-10-7-15-12(19-10)9(2)17-11(14(3,4)5)8-16-13(17)18/h7-9H,6H2,1-5H3,(H,16,18). The van der Waals surface area contributed by atoms with Crippen LogP contribution in [-0.4, -0.2) is 14.5 Å². The molecule has 1 atom stereocenters. The normalized spacial score (nSPS) is 13.7. The lowest BCUT2D eigenvalue weighted by Gasteiger charge is -2.23. The van der Waals surface area contributed by atoms with Gasteiger partial charge in [0.2, 0.25) is 0 Å². The van der Waals surface area contributed by atoms with Crippen LogP contribution >= 0.6 is 23.6 Å². The van der Waals surface area contributed by atoms with E-state index in [4.69, 9.17) is 12.2 Å². The summed E-state index contributed by atoms with van der Waals surface area (Å²) < 4.78 is 2.96. The van der Waals surface area contributed by atoms with Crippen LogP contribution in [0.5, 0.6) is 0 Å². The first-order chi connectivity index (χ1) is 8.84. The van der Waals surface area contributed by atoms with Gasteiger partial charge in [0.1, 0.15) is 5.01 Å². The predicted octanol–water partition coefficient (Wildman–Crippen LogP) is 4.47. The van der Waals surface area contributed by atoms with Gasteiger partial charge in [-0.3, -0.25) is 0 Å². The van der Waals surface area contributed by atoms with Crippen LogP contribution in [0.15, 0.2) is 12.4 Å². The average molecular weight is 295 g/mol. The number of imidazole rings is 1. The molecule has 0 aromatic carbocycles. The average Bonchev–Trinajstić information content (AvgIpc) is 2.93. The smallest absolute Gasteiger partial charge is 0.178 e. The molecule has 2 aromatic heterocycles. The maximum absolute atomic E-state index is 5.44. The third-order valence-electron chi connectivity index (χ3n) is 3.24. The molecule has 2 rings (SSSR count). The molecule has 19 heavy (non-hydrogen) atoms. The molecule has 5 heteroatoms. The van der Waals surface area contributed by atoms with E-state index >= 15 is 0 Å². The van der Waals surface area contributed by atoms with Gasteiger partial charge < -0.3 is 9.55 Å². The predicted molar refractivity (Wildman–Crippen MR) is 83.6 cm³/mol. The molecule has 0 aliphatic carbocycles. The summed E-state index contributed by atoms with van der Waals surface area (Å²) in [6.07, 6.45) is 5.03. The van der Waals surface area contributed by atoms with Gasteiger partial charge in [-0.1, -0.05) is 27.7 Å². The topological polar surface area (TPSA) is 33.6 Å². The summed E-state index contributed by atoms with van der Waals surface area (Å²) >= 11 is 7.21. The Morgan fingerprint density at radius 3 is 2.68 bits per heavy atom. The number of H-pyrrole nitrogens is 1. The number of rotatable bonds is 3. The molecule has 0 spiro atoms. The van der Waals surface area contributed by atoms with Gasteiger partial charge in [-0.2, -0.15) is 0 Å². The summed E-state index contributed by atoms with van der Waals surface area (Å²) in [4.78, 5) is 9.04. The highest BCUT2D eigenvalue weighted by molar-refractivity contribution is 7.71. The van der Waals surface area contributed by atoms with Crippen molar-refractivity contribution in [3.8, 4) is 0 Å². The SMILES string of the molecule is CCc1cnc(C(C)n2c(C(C)(C)C)c[nH]c2=S)s1. The van der Waals surface area contributed by atoms with E-state index in [-0.39, 0.29) is 11.5 Å². The van der Waals surface area contributed by atoms with Gasteiger partial charge in [-0.15, -0.1) is 11.3 Å². The second-order valence-electron chi connectivity index (χ2n) is 5.79. The van der Waals surface area contributed by atoms with Crippen molar-refractivity contribution >= 4 is 23.6 Å². The Kier molecular flexibility index (Phi) is 3.97. The lowest BCUT2D eigenvalue weighted by atomic mass is 9.92. The summed E-state index contributed by atoms with van der Waals surface area (Å²) in [5, 5.41) is 1.12. The van der Waals surface area contributed by atoms with E-state index in [9.17, 15) is 0 Å². The molecule has 0 aliphatic rings. The van der Waals surface area contributed by atoms with Crippen LogP contribution in [0.4, 0.5) is 0 Å². The largest absolute Gasteiger partial charge is 0.337 e. The lowest BCUT2D eigenvalue weighted by molar-refractivity contribution is 0.494. The van der Waals surface area contributed by atoms with Crippen LogP contribution in [0.25, 0.3) is 0 Å². The number of aryl methyl sites for hydroxylation is 1. The van der Waals surface area contributed by atoms with Gasteiger partial charge in [-0.25, -0.2) is 4.98 Å². The van der Waals surface area contributed by atoms with E-state index in [1.165, 1.54) is 10.6 Å². The fraction of sp³-hybridized carbons (Fsp3) is 0.571. The Labute approximate surface area is 123 Å². The number of hydrogen-bond acceptors (Lipinski definition) is 3. The van der Waals surface area contributed by atoms with Crippen LogP contribution in [0.2, 0.25) is 0 Å². The first-order valence-electron chi connectivity index (χ1n) is 6.59.